The third-order valence-electron chi connectivity index (χ3n) is 4.99. The summed E-state index contributed by atoms with van der Waals surface area (Å²) < 4.78 is 17.2. The first-order valence-electron chi connectivity index (χ1n) is 9.86. The van der Waals surface area contributed by atoms with E-state index in [1.807, 2.05) is 6.92 Å². The fourth-order valence-electron chi connectivity index (χ4n) is 3.53. The average Bonchev–Trinajstić information content (AvgIpc) is 3.31. The zero-order valence-corrected chi connectivity index (χ0v) is 17.7. The third kappa shape index (κ3) is 3.78. The normalized spacial score (nSPS) is 14.9. The molecule has 1 aromatic heterocycles. The lowest BCUT2D eigenvalue weighted by atomic mass is 9.89. The van der Waals surface area contributed by atoms with Crippen LogP contribution >= 0.6 is 0 Å². The van der Waals surface area contributed by atoms with Gasteiger partial charge >= 0.3 is 5.97 Å². The minimum absolute atomic E-state index is 0.0264. The van der Waals surface area contributed by atoms with Gasteiger partial charge in [0.05, 0.1) is 26.4 Å². The highest BCUT2D eigenvalue weighted by atomic mass is 16.5. The molecule has 1 atom stereocenters. The molecule has 0 fully saturated rings. The van der Waals surface area contributed by atoms with E-state index in [9.17, 15) is 9.59 Å². The molecule has 4 rings (SSSR count). The van der Waals surface area contributed by atoms with Gasteiger partial charge in [0.2, 0.25) is 5.95 Å². The lowest BCUT2D eigenvalue weighted by Gasteiger charge is -2.28. The Bertz CT molecular complexity index is 1190. The summed E-state index contributed by atoms with van der Waals surface area (Å²) in [5.74, 6) is 0.310. The first kappa shape index (κ1) is 21.0. The van der Waals surface area contributed by atoms with Crippen LogP contribution in [0.25, 0.3) is 0 Å². The van der Waals surface area contributed by atoms with Crippen molar-refractivity contribution in [3.63, 3.8) is 0 Å². The number of tetrazole rings is 1. The van der Waals surface area contributed by atoms with Crippen molar-refractivity contribution in [2.45, 2.75) is 13.0 Å². The number of benzene rings is 2. The Hall–Kier alpha value is -4.21. The number of fused-ring (bicyclic) bond motifs is 1. The number of nitrogens with zero attached hydrogens (tertiary/aromatic N) is 4. The molecule has 2 heterocycles. The van der Waals surface area contributed by atoms with Gasteiger partial charge in [-0.1, -0.05) is 29.4 Å². The lowest BCUT2D eigenvalue weighted by molar-refractivity contribution is -0.136. The average molecular weight is 435 g/mol. The van der Waals surface area contributed by atoms with Gasteiger partial charge in [-0.2, -0.15) is 4.68 Å². The van der Waals surface area contributed by atoms with Crippen molar-refractivity contribution in [1.82, 2.24) is 20.2 Å². The van der Waals surface area contributed by atoms with E-state index in [2.05, 4.69) is 20.8 Å². The van der Waals surface area contributed by atoms with Crippen LogP contribution in [0.15, 0.2) is 59.8 Å². The van der Waals surface area contributed by atoms with Crippen LogP contribution in [0, 0.1) is 0 Å². The van der Waals surface area contributed by atoms with E-state index in [1.165, 1.54) is 18.9 Å². The molecule has 0 amide bonds. The summed E-state index contributed by atoms with van der Waals surface area (Å²) in [4.78, 5) is 26.4. The number of aromatic nitrogens is 4. The highest BCUT2D eigenvalue weighted by Gasteiger charge is 2.38. The van der Waals surface area contributed by atoms with Crippen LogP contribution < -0.4 is 14.8 Å². The molecule has 32 heavy (non-hydrogen) atoms. The summed E-state index contributed by atoms with van der Waals surface area (Å²) in [5.41, 5.74) is 1.15. The summed E-state index contributed by atoms with van der Waals surface area (Å²) >= 11 is 0. The monoisotopic (exact) mass is 435 g/mol. The summed E-state index contributed by atoms with van der Waals surface area (Å²) in [6.45, 7) is 2.42. The van der Waals surface area contributed by atoms with Crippen LogP contribution in [0.4, 0.5) is 5.95 Å². The summed E-state index contributed by atoms with van der Waals surface area (Å²) in [6.07, 6.45) is 0. The molecule has 0 aliphatic carbocycles. The molecule has 2 aromatic carbocycles. The maximum atomic E-state index is 13.7. The molecule has 10 nitrogen and oxygen atoms in total. The summed E-state index contributed by atoms with van der Waals surface area (Å²) in [7, 11) is 2.76. The van der Waals surface area contributed by atoms with Crippen molar-refractivity contribution < 1.29 is 23.8 Å². The number of Topliss-reactive ketones (excluding diaryl/α,β-unsaturated/α-hetero) is 1. The molecule has 1 aliphatic rings. The zero-order chi connectivity index (χ0) is 22.7. The van der Waals surface area contributed by atoms with E-state index in [-0.39, 0.29) is 17.2 Å². The highest BCUT2D eigenvalue weighted by Crippen LogP contribution is 2.37. The fourth-order valence-corrected chi connectivity index (χ4v) is 3.53. The van der Waals surface area contributed by atoms with Crippen LogP contribution in [0.5, 0.6) is 11.5 Å². The zero-order valence-electron chi connectivity index (χ0n) is 17.7. The molecular weight excluding hydrogens is 414 g/mol. The number of rotatable bonds is 7. The number of allylic oxidation sites excluding steroid dienone is 1. The largest absolute Gasteiger partial charge is 0.497 e. The molecule has 10 heteroatoms. The van der Waals surface area contributed by atoms with Crippen LogP contribution in [0.1, 0.15) is 28.9 Å². The molecule has 164 valence electrons. The van der Waals surface area contributed by atoms with Crippen molar-refractivity contribution >= 4 is 17.7 Å². The Morgan fingerprint density at radius 2 is 1.88 bits per heavy atom. The molecule has 0 spiro atoms. The number of nitrogens with one attached hydrogen (secondary N) is 1. The first-order valence-corrected chi connectivity index (χ1v) is 9.86. The number of esters is 1. The maximum absolute atomic E-state index is 13.7. The summed E-state index contributed by atoms with van der Waals surface area (Å²) in [6, 6.07) is 13.1. The van der Waals surface area contributed by atoms with E-state index < -0.39 is 17.8 Å². The van der Waals surface area contributed by atoms with E-state index in [0.717, 1.165) is 0 Å². The van der Waals surface area contributed by atoms with Crippen molar-refractivity contribution in [2.24, 2.45) is 0 Å². The number of carbonyl (C=O) groups is 2. The SMILES string of the molecule is CCOc1ccc([C@@H]2C(C(=O)c3cccc(OC)c3)=C(C(=O)OC)Nc3nnnn32)cc1. The van der Waals surface area contributed by atoms with Gasteiger partial charge in [0.1, 0.15) is 23.2 Å². The Morgan fingerprint density at radius 1 is 1.09 bits per heavy atom. The van der Waals surface area contributed by atoms with Gasteiger partial charge in [-0.25, -0.2) is 4.79 Å². The van der Waals surface area contributed by atoms with Crippen molar-refractivity contribution in [1.29, 1.82) is 0 Å². The first-order chi connectivity index (χ1) is 15.6. The Kier molecular flexibility index (Phi) is 5.84. The molecule has 1 aliphatic heterocycles. The van der Waals surface area contributed by atoms with Gasteiger partial charge in [0.25, 0.3) is 0 Å². The molecule has 3 aromatic rings. The van der Waals surface area contributed by atoms with E-state index in [4.69, 9.17) is 14.2 Å². The van der Waals surface area contributed by atoms with Crippen molar-refractivity contribution in [3.8, 4) is 11.5 Å². The number of methoxy groups -OCH3 is 2. The van der Waals surface area contributed by atoms with Crippen LogP contribution in [0.3, 0.4) is 0 Å². The van der Waals surface area contributed by atoms with Crippen LogP contribution in [-0.4, -0.2) is 52.8 Å². The summed E-state index contributed by atoms with van der Waals surface area (Å²) in [5, 5.41) is 14.5. The topological polar surface area (TPSA) is 117 Å². The van der Waals surface area contributed by atoms with Crippen LogP contribution in [0.2, 0.25) is 0 Å². The number of ketones is 1. The molecule has 0 bridgehead atoms. The predicted octanol–water partition coefficient (Wildman–Crippen LogP) is 2.41. The van der Waals surface area contributed by atoms with E-state index in [1.54, 1.807) is 48.5 Å². The quantitative estimate of drug-likeness (QED) is 0.441. The minimum Gasteiger partial charge on any atom is -0.497 e. The number of carbonyl (C=O) groups excluding carboxylic acids is 2. The molecule has 0 saturated carbocycles. The van der Waals surface area contributed by atoms with Gasteiger partial charge in [-0.15, -0.1) is 0 Å². The lowest BCUT2D eigenvalue weighted by Crippen LogP contribution is -2.32. The predicted molar refractivity (Wildman–Crippen MR) is 114 cm³/mol. The van der Waals surface area contributed by atoms with Gasteiger partial charge in [0, 0.05) is 5.56 Å². The smallest absolute Gasteiger partial charge is 0.355 e. The van der Waals surface area contributed by atoms with Gasteiger partial charge in [0.15, 0.2) is 5.78 Å². The van der Waals surface area contributed by atoms with E-state index >= 15 is 0 Å². The maximum Gasteiger partial charge on any atom is 0.355 e. The third-order valence-corrected chi connectivity index (χ3v) is 4.99. The highest BCUT2D eigenvalue weighted by molar-refractivity contribution is 6.15. The second-order valence-electron chi connectivity index (χ2n) is 6.82. The van der Waals surface area contributed by atoms with Crippen molar-refractivity contribution in [2.75, 3.05) is 26.1 Å². The van der Waals surface area contributed by atoms with Crippen LogP contribution in [-0.2, 0) is 9.53 Å². The second kappa shape index (κ2) is 8.88. The molecular formula is C22H21N5O5. The Balaban J connectivity index is 1.89. The standard InChI is InChI=1S/C22H21N5O5/c1-4-32-15-10-8-13(9-11-15)19-17(20(28)14-6-5-7-16(12-14)30-2)18(21(29)31-3)23-22-24-25-26-27(19)22/h5-12,19H,4H2,1-3H3,(H,23,24,26)/t19-/m1/s1. The number of ether oxygens (including phenoxy) is 3. The van der Waals surface area contributed by atoms with E-state index in [0.29, 0.717) is 29.2 Å². The molecule has 0 radical (unpaired) electrons. The molecule has 0 saturated heterocycles. The Labute approximate surface area is 183 Å². The number of hydrogen-bond acceptors (Lipinski definition) is 9. The molecule has 1 N–H and O–H groups in total. The van der Waals surface area contributed by atoms with Gasteiger partial charge < -0.3 is 19.5 Å². The Morgan fingerprint density at radius 3 is 2.56 bits per heavy atom. The minimum atomic E-state index is -0.773. The second-order valence-corrected chi connectivity index (χ2v) is 6.82. The number of hydrogen-bond donors (Lipinski definition) is 1. The fraction of sp³-hybridized carbons (Fsp3) is 0.227. The van der Waals surface area contributed by atoms with Crippen molar-refractivity contribution in [3.05, 3.63) is 70.9 Å². The van der Waals surface area contributed by atoms with Gasteiger partial charge in [-0.3, -0.25) is 4.79 Å². The van der Waals surface area contributed by atoms with Gasteiger partial charge in [-0.05, 0) is 47.2 Å². The molecule has 0 unspecified atom stereocenters. The number of anilines is 1.